The second-order valence-corrected chi connectivity index (χ2v) is 5.88. The summed E-state index contributed by atoms with van der Waals surface area (Å²) in [5.74, 6) is 1.54. The van der Waals surface area contributed by atoms with Crippen LogP contribution in [0, 0.1) is 0 Å². The van der Waals surface area contributed by atoms with E-state index in [1.54, 1.807) is 27.3 Å². The zero-order chi connectivity index (χ0) is 18.9. The Morgan fingerprint density at radius 2 is 1.88 bits per heavy atom. The Labute approximate surface area is 154 Å². The van der Waals surface area contributed by atoms with Crippen molar-refractivity contribution >= 4 is 11.9 Å². The third-order valence-corrected chi connectivity index (χ3v) is 4.02. The van der Waals surface area contributed by atoms with Gasteiger partial charge in [-0.3, -0.25) is 9.79 Å². The van der Waals surface area contributed by atoms with E-state index >= 15 is 0 Å². The molecule has 0 atom stereocenters. The van der Waals surface area contributed by atoms with Crippen molar-refractivity contribution in [3.05, 3.63) is 65.2 Å². The number of hydrogen-bond acceptors (Lipinski definition) is 3. The highest BCUT2D eigenvalue weighted by molar-refractivity contribution is 5.94. The molecule has 138 valence electrons. The highest BCUT2D eigenvalue weighted by atomic mass is 16.5. The van der Waals surface area contributed by atoms with E-state index in [9.17, 15) is 4.79 Å². The number of guanidine groups is 1. The molecule has 2 rings (SSSR count). The second-order valence-electron chi connectivity index (χ2n) is 5.88. The first-order valence-corrected chi connectivity index (χ1v) is 8.43. The van der Waals surface area contributed by atoms with Gasteiger partial charge in [-0.2, -0.15) is 0 Å². The summed E-state index contributed by atoms with van der Waals surface area (Å²) in [6, 6.07) is 15.5. The first kappa shape index (κ1) is 19.3. The molecule has 26 heavy (non-hydrogen) atoms. The van der Waals surface area contributed by atoms with Crippen LogP contribution in [0.15, 0.2) is 53.5 Å². The Hall–Kier alpha value is -3.02. The molecule has 0 unspecified atom stereocenters. The lowest BCUT2D eigenvalue weighted by Crippen LogP contribution is -2.38. The molecular formula is C20H26N4O2. The van der Waals surface area contributed by atoms with Crippen LogP contribution in [0.25, 0.3) is 0 Å². The Morgan fingerprint density at radius 1 is 1.15 bits per heavy atom. The minimum absolute atomic E-state index is 0.0899. The summed E-state index contributed by atoms with van der Waals surface area (Å²) in [6.45, 7) is 1.31. The van der Waals surface area contributed by atoms with Crippen molar-refractivity contribution < 1.29 is 9.53 Å². The molecule has 0 aromatic heterocycles. The van der Waals surface area contributed by atoms with E-state index in [1.165, 1.54) is 0 Å². The maximum Gasteiger partial charge on any atom is 0.251 e. The fourth-order valence-electron chi connectivity index (χ4n) is 2.61. The minimum atomic E-state index is -0.0899. The number of nitrogens with one attached hydrogen (secondary N) is 2. The van der Waals surface area contributed by atoms with E-state index in [-0.39, 0.29) is 5.91 Å². The standard InChI is InChI=1S/C20H26N4O2/c1-21-19(25)17-7-5-6-16(12-17)13-23-20(22-2)24(3)14-15-8-10-18(26-4)11-9-15/h5-12H,13-14H2,1-4H3,(H,21,25)(H,22,23). The number of hydrogen-bond donors (Lipinski definition) is 2. The number of benzene rings is 2. The summed E-state index contributed by atoms with van der Waals surface area (Å²) in [7, 11) is 7.03. The molecule has 0 saturated heterocycles. The Balaban J connectivity index is 1.97. The van der Waals surface area contributed by atoms with Crippen LogP contribution in [0.2, 0.25) is 0 Å². The van der Waals surface area contributed by atoms with Crippen molar-refractivity contribution in [2.24, 2.45) is 4.99 Å². The van der Waals surface area contributed by atoms with Crippen LogP contribution in [-0.4, -0.2) is 45.0 Å². The third kappa shape index (κ3) is 5.24. The van der Waals surface area contributed by atoms with Gasteiger partial charge >= 0.3 is 0 Å². The van der Waals surface area contributed by atoms with Gasteiger partial charge in [0.2, 0.25) is 0 Å². The normalized spacial score (nSPS) is 11.0. The van der Waals surface area contributed by atoms with E-state index < -0.39 is 0 Å². The van der Waals surface area contributed by atoms with Gasteiger partial charge in [0, 0.05) is 39.8 Å². The first-order valence-electron chi connectivity index (χ1n) is 8.43. The van der Waals surface area contributed by atoms with Gasteiger partial charge in [0.15, 0.2) is 5.96 Å². The molecule has 0 aliphatic rings. The van der Waals surface area contributed by atoms with Gasteiger partial charge in [-0.25, -0.2) is 0 Å². The van der Waals surface area contributed by atoms with E-state index in [1.807, 2.05) is 54.4 Å². The molecule has 0 heterocycles. The third-order valence-electron chi connectivity index (χ3n) is 4.02. The van der Waals surface area contributed by atoms with Crippen molar-refractivity contribution in [1.82, 2.24) is 15.5 Å². The van der Waals surface area contributed by atoms with Gasteiger partial charge in [-0.05, 0) is 35.4 Å². The number of amides is 1. The molecule has 0 fully saturated rings. The molecule has 6 heteroatoms. The number of methoxy groups -OCH3 is 1. The van der Waals surface area contributed by atoms with Crippen LogP contribution < -0.4 is 15.4 Å². The largest absolute Gasteiger partial charge is 0.497 e. The summed E-state index contributed by atoms with van der Waals surface area (Å²) in [5.41, 5.74) is 2.83. The quantitative estimate of drug-likeness (QED) is 0.617. The molecule has 0 spiro atoms. The molecule has 0 saturated carbocycles. The molecule has 2 aromatic rings. The number of carbonyl (C=O) groups excluding carboxylic acids is 1. The SMILES string of the molecule is CN=C(NCc1cccc(C(=O)NC)c1)N(C)Cc1ccc(OC)cc1. The van der Waals surface area contributed by atoms with Gasteiger partial charge in [-0.15, -0.1) is 0 Å². The van der Waals surface area contributed by atoms with Crippen molar-refractivity contribution in [2.75, 3.05) is 28.3 Å². The Morgan fingerprint density at radius 3 is 2.50 bits per heavy atom. The lowest BCUT2D eigenvalue weighted by Gasteiger charge is -2.22. The van der Waals surface area contributed by atoms with Crippen molar-refractivity contribution in [3.8, 4) is 5.75 Å². The highest BCUT2D eigenvalue weighted by Crippen LogP contribution is 2.12. The molecule has 0 aliphatic carbocycles. The average Bonchev–Trinajstić information content (AvgIpc) is 2.68. The van der Waals surface area contributed by atoms with Crippen molar-refractivity contribution in [1.29, 1.82) is 0 Å². The number of aliphatic imine (C=N–C) groups is 1. The van der Waals surface area contributed by atoms with E-state index in [2.05, 4.69) is 15.6 Å². The fourth-order valence-corrected chi connectivity index (χ4v) is 2.61. The zero-order valence-electron chi connectivity index (χ0n) is 15.7. The van der Waals surface area contributed by atoms with Gasteiger partial charge in [0.1, 0.15) is 5.75 Å². The highest BCUT2D eigenvalue weighted by Gasteiger charge is 2.08. The fraction of sp³-hybridized carbons (Fsp3) is 0.300. The van der Waals surface area contributed by atoms with Gasteiger partial charge < -0.3 is 20.3 Å². The minimum Gasteiger partial charge on any atom is -0.497 e. The van der Waals surface area contributed by atoms with Gasteiger partial charge in [0.05, 0.1) is 7.11 Å². The molecule has 0 aliphatic heterocycles. The summed E-state index contributed by atoms with van der Waals surface area (Å²) < 4.78 is 5.19. The van der Waals surface area contributed by atoms with Gasteiger partial charge in [0.25, 0.3) is 5.91 Å². The molecule has 2 N–H and O–H groups in total. The summed E-state index contributed by atoms with van der Waals surface area (Å²) in [4.78, 5) is 18.1. The van der Waals surface area contributed by atoms with Crippen LogP contribution in [0.5, 0.6) is 5.75 Å². The monoisotopic (exact) mass is 354 g/mol. The van der Waals surface area contributed by atoms with Crippen LogP contribution in [-0.2, 0) is 13.1 Å². The van der Waals surface area contributed by atoms with Crippen molar-refractivity contribution in [2.45, 2.75) is 13.1 Å². The number of carbonyl (C=O) groups is 1. The molecule has 1 amide bonds. The van der Waals surface area contributed by atoms with E-state index in [4.69, 9.17) is 4.74 Å². The van der Waals surface area contributed by atoms with Gasteiger partial charge in [-0.1, -0.05) is 24.3 Å². The molecule has 2 aromatic carbocycles. The zero-order valence-corrected chi connectivity index (χ0v) is 15.7. The average molecular weight is 354 g/mol. The predicted octanol–water partition coefficient (Wildman–Crippen LogP) is 2.26. The van der Waals surface area contributed by atoms with E-state index in [0.29, 0.717) is 12.1 Å². The van der Waals surface area contributed by atoms with E-state index in [0.717, 1.165) is 29.4 Å². The maximum absolute atomic E-state index is 11.7. The summed E-state index contributed by atoms with van der Waals surface area (Å²) in [5, 5.41) is 5.97. The lowest BCUT2D eigenvalue weighted by atomic mass is 10.1. The topological polar surface area (TPSA) is 66.0 Å². The summed E-state index contributed by atoms with van der Waals surface area (Å²) >= 11 is 0. The van der Waals surface area contributed by atoms with Crippen molar-refractivity contribution in [3.63, 3.8) is 0 Å². The predicted molar refractivity (Wildman–Crippen MR) is 104 cm³/mol. The number of ether oxygens (including phenoxy) is 1. The Bertz CT molecular complexity index is 757. The lowest BCUT2D eigenvalue weighted by molar-refractivity contribution is 0.0963. The molecule has 0 radical (unpaired) electrons. The molecular weight excluding hydrogens is 328 g/mol. The van der Waals surface area contributed by atoms with Crippen LogP contribution >= 0.6 is 0 Å². The second kappa shape index (κ2) is 9.46. The smallest absolute Gasteiger partial charge is 0.251 e. The first-order chi connectivity index (χ1) is 12.6. The number of rotatable bonds is 6. The maximum atomic E-state index is 11.7. The van der Waals surface area contributed by atoms with Crippen LogP contribution in [0.1, 0.15) is 21.5 Å². The van der Waals surface area contributed by atoms with Crippen LogP contribution in [0.4, 0.5) is 0 Å². The Kier molecular flexibility index (Phi) is 7.02. The number of nitrogens with zero attached hydrogens (tertiary/aromatic N) is 2. The summed E-state index contributed by atoms with van der Waals surface area (Å²) in [6.07, 6.45) is 0. The molecule has 6 nitrogen and oxygen atoms in total. The molecule has 0 bridgehead atoms. The van der Waals surface area contributed by atoms with Crippen LogP contribution in [0.3, 0.4) is 0 Å².